The van der Waals surface area contributed by atoms with E-state index in [1.807, 2.05) is 0 Å². The Morgan fingerprint density at radius 1 is 0.886 bits per heavy atom. The van der Waals surface area contributed by atoms with Gasteiger partial charge in [0.2, 0.25) is 17.7 Å². The molecule has 4 bridgehead atoms. The van der Waals surface area contributed by atoms with Gasteiger partial charge in [-0.2, -0.15) is 0 Å². The highest BCUT2D eigenvalue weighted by atomic mass is 35.5. The van der Waals surface area contributed by atoms with Crippen LogP contribution in [0.4, 0.5) is 0 Å². The van der Waals surface area contributed by atoms with Crippen molar-refractivity contribution in [3.63, 3.8) is 0 Å². The molecule has 3 atom stereocenters. The molecule has 1 aliphatic heterocycles. The number of rotatable bonds is 9. The zero-order valence-electron chi connectivity index (χ0n) is 24.5. The van der Waals surface area contributed by atoms with E-state index in [-0.39, 0.29) is 99.4 Å². The number of fused-ring (bicyclic) bond motifs is 5. The largest absolute Gasteiger partial charge is 0.508 e. The second kappa shape index (κ2) is 21.2. The number of hydrogen-bond acceptors (Lipinski definition) is 9. The fourth-order valence-corrected chi connectivity index (χ4v) is 4.70. The molecule has 0 spiro atoms. The minimum absolute atomic E-state index is 0. The van der Waals surface area contributed by atoms with Gasteiger partial charge < -0.3 is 48.3 Å². The lowest BCUT2D eigenvalue weighted by molar-refractivity contribution is -0.137. The van der Waals surface area contributed by atoms with E-state index in [4.69, 9.17) is 17.2 Å². The van der Waals surface area contributed by atoms with Crippen LogP contribution in [0.5, 0.6) is 11.5 Å². The molecule has 0 aromatic heterocycles. The molecule has 3 amide bonds. The third kappa shape index (κ3) is 11.8. The van der Waals surface area contributed by atoms with Crippen LogP contribution < -0.4 is 33.2 Å². The summed E-state index contributed by atoms with van der Waals surface area (Å²) in [5.74, 6) is -1.55. The summed E-state index contributed by atoms with van der Waals surface area (Å²) in [6.07, 6.45) is 0.698. The first-order chi connectivity index (χ1) is 19.2. The van der Waals surface area contributed by atoms with Crippen LogP contribution in [0.2, 0.25) is 0 Å². The summed E-state index contributed by atoms with van der Waals surface area (Å²) in [7, 11) is 1.77. The lowest BCUT2D eigenvalue weighted by atomic mass is 9.95. The fourth-order valence-electron chi connectivity index (χ4n) is 4.70. The third-order valence-electron chi connectivity index (χ3n) is 6.98. The topological polar surface area (TPSA) is 209 Å². The Hall–Kier alpha value is -2.55. The summed E-state index contributed by atoms with van der Waals surface area (Å²) >= 11 is 0. The highest BCUT2D eigenvalue weighted by Gasteiger charge is 2.31. The van der Waals surface area contributed by atoms with E-state index < -0.39 is 29.9 Å². The van der Waals surface area contributed by atoms with Crippen molar-refractivity contribution in [2.24, 2.45) is 17.2 Å². The van der Waals surface area contributed by atoms with Crippen molar-refractivity contribution in [1.29, 1.82) is 0 Å². The van der Waals surface area contributed by atoms with Gasteiger partial charge in [0.1, 0.15) is 23.6 Å². The Kier molecular flexibility index (Phi) is 21.0. The van der Waals surface area contributed by atoms with Crippen molar-refractivity contribution in [3.05, 3.63) is 47.5 Å². The van der Waals surface area contributed by atoms with Gasteiger partial charge in [0, 0.05) is 39.0 Å². The van der Waals surface area contributed by atoms with Crippen LogP contribution in [0, 0.1) is 0 Å². The summed E-state index contributed by atoms with van der Waals surface area (Å²) in [4.78, 5) is 41.9. The molecule has 44 heavy (non-hydrogen) atoms. The van der Waals surface area contributed by atoms with Gasteiger partial charge in [-0.25, -0.2) is 0 Å². The van der Waals surface area contributed by atoms with Crippen LogP contribution in [-0.4, -0.2) is 90.7 Å². The first-order valence-corrected chi connectivity index (χ1v) is 13.5. The summed E-state index contributed by atoms with van der Waals surface area (Å²) in [6, 6.07) is 6.86. The van der Waals surface area contributed by atoms with Crippen LogP contribution in [0.25, 0.3) is 11.1 Å². The van der Waals surface area contributed by atoms with Crippen LogP contribution in [0.15, 0.2) is 36.4 Å². The number of aromatic hydroxyl groups is 2. The number of likely N-dealkylation sites (N-methyl/N-ethyl adjacent to an activating group) is 1. The molecular weight excluding hydrogens is 656 g/mol. The van der Waals surface area contributed by atoms with Crippen LogP contribution in [0.3, 0.4) is 0 Å². The Labute approximate surface area is 282 Å². The second-order valence-electron chi connectivity index (χ2n) is 9.97. The highest BCUT2D eigenvalue weighted by Crippen LogP contribution is 2.31. The van der Waals surface area contributed by atoms with E-state index >= 15 is 0 Å². The van der Waals surface area contributed by atoms with E-state index in [1.165, 1.54) is 12.1 Å². The number of carbonyl (C=O) groups excluding carboxylic acids is 3. The molecule has 0 saturated carbocycles. The van der Waals surface area contributed by atoms with Gasteiger partial charge in [0.15, 0.2) is 0 Å². The number of benzene rings is 2. The Morgan fingerprint density at radius 3 is 1.98 bits per heavy atom. The van der Waals surface area contributed by atoms with E-state index in [0.29, 0.717) is 42.7 Å². The molecule has 0 radical (unpaired) electrons. The highest BCUT2D eigenvalue weighted by molar-refractivity contribution is 5.93. The van der Waals surface area contributed by atoms with Crippen LogP contribution in [-0.2, 0) is 27.2 Å². The number of hydrogen-bond donors (Lipinski definition) is 8. The molecule has 0 fully saturated rings. The normalized spacial score (nSPS) is 17.9. The number of phenols is 2. The molecule has 16 heteroatoms. The predicted octanol–water partition coefficient (Wildman–Crippen LogP) is 0.593. The first-order valence-electron chi connectivity index (χ1n) is 13.5. The van der Waals surface area contributed by atoms with E-state index in [2.05, 4.69) is 16.0 Å². The van der Waals surface area contributed by atoms with Gasteiger partial charge in [0.05, 0.1) is 6.04 Å². The monoisotopic (exact) mass is 699 g/mol. The molecule has 1 heterocycles. The van der Waals surface area contributed by atoms with Gasteiger partial charge in [-0.05, 0) is 73.0 Å². The molecule has 2 aromatic rings. The van der Waals surface area contributed by atoms with E-state index in [0.717, 1.165) is 5.56 Å². The third-order valence-corrected chi connectivity index (χ3v) is 6.98. The second-order valence-corrected chi connectivity index (χ2v) is 9.97. The average molecular weight is 702 g/mol. The number of nitrogens with two attached hydrogens (primary N) is 3. The van der Waals surface area contributed by atoms with Crippen molar-refractivity contribution in [2.45, 2.75) is 43.8 Å². The Bertz CT molecular complexity index is 1210. The first kappa shape index (κ1) is 43.6. The summed E-state index contributed by atoms with van der Waals surface area (Å²) in [5.41, 5.74) is 20.0. The van der Waals surface area contributed by atoms with Gasteiger partial charge in [0.25, 0.3) is 0 Å². The lowest BCUT2D eigenvalue weighted by Gasteiger charge is -2.29. The predicted molar refractivity (Wildman–Crippen MR) is 181 cm³/mol. The van der Waals surface area contributed by atoms with Crippen molar-refractivity contribution in [2.75, 3.05) is 39.8 Å². The van der Waals surface area contributed by atoms with Crippen LogP contribution in [0.1, 0.15) is 24.0 Å². The summed E-state index contributed by atoms with van der Waals surface area (Å²) in [6.45, 7) is 1.68. The molecular formula is C28H45Cl4N7O5. The molecule has 250 valence electrons. The minimum atomic E-state index is -1.05. The number of phenolic OH excluding ortho intramolecular Hbond substituents is 2. The number of nitrogens with zero attached hydrogens (tertiary/aromatic N) is 1. The zero-order valence-corrected chi connectivity index (χ0v) is 27.8. The molecule has 3 rings (SSSR count). The zero-order chi connectivity index (χ0) is 29.2. The molecule has 0 saturated heterocycles. The maximum atomic E-state index is 13.7. The average Bonchev–Trinajstić information content (AvgIpc) is 2.94. The van der Waals surface area contributed by atoms with E-state index in [9.17, 15) is 24.6 Å². The molecule has 0 unspecified atom stereocenters. The number of nitrogens with one attached hydrogen (secondary N) is 3. The fraction of sp³-hybridized carbons (Fsp3) is 0.464. The number of carbonyl (C=O) groups is 3. The lowest BCUT2D eigenvalue weighted by Crippen LogP contribution is -2.57. The van der Waals surface area contributed by atoms with Gasteiger partial charge in [-0.3, -0.25) is 14.4 Å². The van der Waals surface area contributed by atoms with Gasteiger partial charge in [-0.1, -0.05) is 12.1 Å². The number of halogens is 4. The maximum Gasteiger partial charge on any atom is 0.245 e. The smallest absolute Gasteiger partial charge is 0.245 e. The molecule has 0 aliphatic carbocycles. The number of amides is 3. The standard InChI is InChI=1S/C28H41N7O5.4ClH/c1-32-10-12-35(11-9-30)28(40)23-16-20-14-18(5-7-25(20)37)17-4-6-24(36)19(13-17)15-21(31)26(38)33-22(3-2-8-29)27(39)34-23;;;;/h4-7,13-14,21-23,32,36-37H,2-3,8-12,15-16,29-31H2,1H3,(H,33,38)(H,34,39);4*1H/t21-,22-,23-;;;;/m0..../s1. The van der Waals surface area contributed by atoms with E-state index in [1.54, 1.807) is 36.2 Å². The van der Waals surface area contributed by atoms with Crippen molar-refractivity contribution in [1.82, 2.24) is 20.9 Å². The van der Waals surface area contributed by atoms with Crippen molar-refractivity contribution in [3.8, 4) is 22.6 Å². The quantitative estimate of drug-likeness (QED) is 0.184. The molecule has 1 aliphatic rings. The van der Waals surface area contributed by atoms with Gasteiger partial charge >= 0.3 is 0 Å². The Morgan fingerprint density at radius 2 is 1.45 bits per heavy atom. The molecule has 12 nitrogen and oxygen atoms in total. The Balaban J connectivity index is 0. The maximum absolute atomic E-state index is 13.7. The van der Waals surface area contributed by atoms with Crippen molar-refractivity contribution >= 4 is 67.3 Å². The molecule has 11 N–H and O–H groups in total. The van der Waals surface area contributed by atoms with Crippen LogP contribution >= 0.6 is 49.6 Å². The SMILES string of the molecule is CNCCN(CCN)C(=O)[C@@H]1Cc2cc(ccc2O)-c2ccc(O)c(c2)C[C@H](N)C(=O)N[C@@H](CCCN)C(=O)N1.Cl.Cl.Cl.Cl. The molecule has 2 aromatic carbocycles. The summed E-state index contributed by atoms with van der Waals surface area (Å²) < 4.78 is 0. The minimum Gasteiger partial charge on any atom is -0.508 e. The summed E-state index contributed by atoms with van der Waals surface area (Å²) in [5, 5.41) is 29.7. The van der Waals surface area contributed by atoms with Crippen molar-refractivity contribution < 1.29 is 24.6 Å². The van der Waals surface area contributed by atoms with Gasteiger partial charge in [-0.15, -0.1) is 49.6 Å².